The van der Waals surface area contributed by atoms with E-state index < -0.39 is 10.0 Å². The molecule has 0 amide bonds. The fourth-order valence-electron chi connectivity index (χ4n) is 2.98. The third kappa shape index (κ3) is 3.43. The van der Waals surface area contributed by atoms with Crippen LogP contribution >= 0.6 is 22.9 Å². The lowest BCUT2D eigenvalue weighted by Gasteiger charge is -2.09. The van der Waals surface area contributed by atoms with E-state index in [1.807, 2.05) is 26.4 Å². The highest BCUT2D eigenvalue weighted by atomic mass is 35.5. The largest absolute Gasteiger partial charge is 0.361 e. The zero-order valence-electron chi connectivity index (χ0n) is 14.7. The number of sulfonamides is 1. The van der Waals surface area contributed by atoms with Crippen molar-refractivity contribution in [1.82, 2.24) is 19.3 Å². The first kappa shape index (κ1) is 18.3. The van der Waals surface area contributed by atoms with Crippen LogP contribution in [0.5, 0.6) is 0 Å². The Kier molecular flexibility index (Phi) is 4.63. The molecule has 2 N–H and O–H groups in total. The second-order valence-electron chi connectivity index (χ2n) is 6.50. The predicted molar refractivity (Wildman–Crippen MR) is 109 cm³/mol. The zero-order chi connectivity index (χ0) is 19.2. The van der Waals surface area contributed by atoms with Gasteiger partial charge in [0.1, 0.15) is 0 Å². The molecular weight excluding hydrogens is 406 g/mol. The van der Waals surface area contributed by atoms with Crippen LogP contribution in [0.25, 0.3) is 15.9 Å². The number of likely N-dealkylation sites (N-methyl/N-ethyl adjacent to an activating group) is 1. The molecule has 142 valence electrons. The van der Waals surface area contributed by atoms with Crippen LogP contribution in [0, 0.1) is 0 Å². The molecule has 3 heterocycles. The summed E-state index contributed by atoms with van der Waals surface area (Å²) in [5.41, 5.74) is 2.54. The summed E-state index contributed by atoms with van der Waals surface area (Å²) in [4.78, 5) is 9.96. The van der Waals surface area contributed by atoms with Crippen LogP contribution in [0.1, 0.15) is 5.56 Å². The SMILES string of the molecule is CN(C)CCc1c[nH]c2cc(NS(=O)(=O)c3c(Cl)nc4sccn34)ccc12. The van der Waals surface area contributed by atoms with E-state index in [1.165, 1.54) is 21.3 Å². The molecule has 0 atom stereocenters. The number of aromatic nitrogens is 3. The van der Waals surface area contributed by atoms with E-state index in [0.29, 0.717) is 10.6 Å². The minimum atomic E-state index is -3.88. The molecule has 4 rings (SSSR count). The maximum absolute atomic E-state index is 12.8. The molecular formula is C17H18ClN5O2S2. The van der Waals surface area contributed by atoms with Crippen molar-refractivity contribution in [2.24, 2.45) is 0 Å². The minimum Gasteiger partial charge on any atom is -0.361 e. The van der Waals surface area contributed by atoms with Gasteiger partial charge in [0.15, 0.2) is 15.1 Å². The van der Waals surface area contributed by atoms with Crippen LogP contribution in [0.15, 0.2) is 41.0 Å². The van der Waals surface area contributed by atoms with Gasteiger partial charge in [-0.25, -0.2) is 4.98 Å². The number of hydrogen-bond donors (Lipinski definition) is 2. The number of halogens is 1. The Bertz CT molecular complexity index is 1220. The molecule has 4 aromatic rings. The third-order valence-electron chi connectivity index (χ3n) is 4.28. The Morgan fingerprint density at radius 2 is 2.19 bits per heavy atom. The van der Waals surface area contributed by atoms with Gasteiger partial charge >= 0.3 is 0 Å². The van der Waals surface area contributed by atoms with Crippen LogP contribution in [-0.2, 0) is 16.4 Å². The highest BCUT2D eigenvalue weighted by molar-refractivity contribution is 7.92. The lowest BCUT2D eigenvalue weighted by atomic mass is 10.1. The Morgan fingerprint density at radius 3 is 2.96 bits per heavy atom. The number of fused-ring (bicyclic) bond motifs is 2. The summed E-state index contributed by atoms with van der Waals surface area (Å²) in [6.07, 6.45) is 4.52. The van der Waals surface area contributed by atoms with Crippen molar-refractivity contribution in [2.45, 2.75) is 11.4 Å². The number of thiazole rings is 1. The van der Waals surface area contributed by atoms with Crippen molar-refractivity contribution >= 4 is 54.5 Å². The lowest BCUT2D eigenvalue weighted by Crippen LogP contribution is -2.15. The molecule has 0 unspecified atom stereocenters. The number of hydrogen-bond acceptors (Lipinski definition) is 5. The van der Waals surface area contributed by atoms with E-state index in [-0.39, 0.29) is 10.2 Å². The van der Waals surface area contributed by atoms with Crippen LogP contribution in [-0.4, -0.2) is 48.3 Å². The average Bonchev–Trinajstić information content (AvgIpc) is 3.25. The predicted octanol–water partition coefficient (Wildman–Crippen LogP) is 3.44. The maximum atomic E-state index is 12.8. The van der Waals surface area contributed by atoms with Crippen molar-refractivity contribution in [2.75, 3.05) is 25.4 Å². The molecule has 0 spiro atoms. The molecule has 0 radical (unpaired) electrons. The highest BCUT2D eigenvalue weighted by Crippen LogP contribution is 2.28. The molecule has 1 aromatic carbocycles. The minimum absolute atomic E-state index is 0.0405. The Morgan fingerprint density at radius 1 is 1.37 bits per heavy atom. The van der Waals surface area contributed by atoms with Gasteiger partial charge in [0.05, 0.1) is 5.69 Å². The molecule has 0 aliphatic heterocycles. The number of rotatable bonds is 6. The molecule has 0 aliphatic carbocycles. The van der Waals surface area contributed by atoms with Gasteiger partial charge in [-0.3, -0.25) is 9.12 Å². The molecule has 10 heteroatoms. The number of nitrogens with one attached hydrogen (secondary N) is 2. The molecule has 27 heavy (non-hydrogen) atoms. The number of imidazole rings is 1. The first-order chi connectivity index (χ1) is 12.8. The fourth-order valence-corrected chi connectivity index (χ4v) is 5.49. The third-order valence-corrected chi connectivity index (χ3v) is 6.82. The van der Waals surface area contributed by atoms with E-state index in [2.05, 4.69) is 19.6 Å². The number of anilines is 1. The Balaban J connectivity index is 1.65. The van der Waals surface area contributed by atoms with Gasteiger partial charge in [-0.1, -0.05) is 17.7 Å². The molecule has 7 nitrogen and oxygen atoms in total. The number of aromatic amines is 1. The normalized spacial score (nSPS) is 12.4. The Hall–Kier alpha value is -2.07. The van der Waals surface area contributed by atoms with E-state index >= 15 is 0 Å². The van der Waals surface area contributed by atoms with Crippen LogP contribution in [0.4, 0.5) is 5.69 Å². The van der Waals surface area contributed by atoms with Crippen LogP contribution in [0.2, 0.25) is 5.15 Å². The number of benzene rings is 1. The van der Waals surface area contributed by atoms with Crippen molar-refractivity contribution in [3.05, 3.63) is 46.7 Å². The summed E-state index contributed by atoms with van der Waals surface area (Å²) in [6.45, 7) is 0.942. The first-order valence-electron chi connectivity index (χ1n) is 8.24. The monoisotopic (exact) mass is 423 g/mol. The molecule has 0 aliphatic rings. The van der Waals surface area contributed by atoms with Crippen LogP contribution < -0.4 is 4.72 Å². The fraction of sp³-hybridized carbons (Fsp3) is 0.235. The van der Waals surface area contributed by atoms with Gasteiger partial charge in [-0.05, 0) is 38.2 Å². The lowest BCUT2D eigenvalue weighted by molar-refractivity contribution is 0.414. The van der Waals surface area contributed by atoms with Gasteiger partial charge in [-0.15, -0.1) is 11.3 Å². The second kappa shape index (κ2) is 6.83. The summed E-state index contributed by atoms with van der Waals surface area (Å²) in [5, 5.41) is 2.75. The van der Waals surface area contributed by atoms with Crippen molar-refractivity contribution in [3.63, 3.8) is 0 Å². The summed E-state index contributed by atoms with van der Waals surface area (Å²) in [7, 11) is 0.195. The van der Waals surface area contributed by atoms with E-state index in [1.54, 1.807) is 23.7 Å². The summed E-state index contributed by atoms with van der Waals surface area (Å²) < 4.78 is 29.8. The van der Waals surface area contributed by atoms with Gasteiger partial charge in [0.2, 0.25) is 0 Å². The van der Waals surface area contributed by atoms with E-state index in [4.69, 9.17) is 11.6 Å². The zero-order valence-corrected chi connectivity index (χ0v) is 17.1. The quantitative estimate of drug-likeness (QED) is 0.497. The van der Waals surface area contributed by atoms with E-state index in [0.717, 1.165) is 23.9 Å². The van der Waals surface area contributed by atoms with E-state index in [9.17, 15) is 8.42 Å². The molecule has 0 saturated carbocycles. The molecule has 0 bridgehead atoms. The molecule has 0 fully saturated rings. The maximum Gasteiger partial charge on any atom is 0.281 e. The Labute approximate surface area is 165 Å². The molecule has 3 aromatic heterocycles. The summed E-state index contributed by atoms with van der Waals surface area (Å²) in [6, 6.07) is 5.46. The summed E-state index contributed by atoms with van der Waals surface area (Å²) >= 11 is 7.39. The average molecular weight is 424 g/mol. The highest BCUT2D eigenvalue weighted by Gasteiger charge is 2.25. The van der Waals surface area contributed by atoms with Gasteiger partial charge in [0.25, 0.3) is 10.0 Å². The number of H-pyrrole nitrogens is 1. The number of nitrogens with zero attached hydrogens (tertiary/aromatic N) is 3. The first-order valence-corrected chi connectivity index (χ1v) is 11.0. The smallest absolute Gasteiger partial charge is 0.281 e. The van der Waals surface area contributed by atoms with Gasteiger partial charge in [0, 0.05) is 35.2 Å². The van der Waals surface area contributed by atoms with Crippen molar-refractivity contribution in [1.29, 1.82) is 0 Å². The van der Waals surface area contributed by atoms with Crippen molar-refractivity contribution < 1.29 is 8.42 Å². The van der Waals surface area contributed by atoms with Crippen molar-refractivity contribution in [3.8, 4) is 0 Å². The van der Waals surface area contributed by atoms with Gasteiger partial charge in [-0.2, -0.15) is 8.42 Å². The van der Waals surface area contributed by atoms with Crippen LogP contribution in [0.3, 0.4) is 0 Å². The van der Waals surface area contributed by atoms with Gasteiger partial charge < -0.3 is 9.88 Å². The topological polar surface area (TPSA) is 82.5 Å². The molecule has 0 saturated heterocycles. The second-order valence-corrected chi connectivity index (χ2v) is 9.33. The standard InChI is InChI=1S/C17H18ClN5O2S2/c1-22(2)6-5-11-10-19-14-9-12(3-4-13(11)14)21-27(24,25)16-15(18)20-17-23(16)7-8-26-17/h3-4,7-10,19,21H,5-6H2,1-2H3. The summed E-state index contributed by atoms with van der Waals surface area (Å²) in [5.74, 6) is 0.